The molecule has 138 valence electrons. The van der Waals surface area contributed by atoms with Crippen LogP contribution in [0.3, 0.4) is 0 Å². The molecule has 1 aromatic carbocycles. The molecule has 0 spiro atoms. The molecule has 2 heterocycles. The first kappa shape index (κ1) is 18.1. The number of nitrogens with two attached hydrogens (primary N) is 1. The van der Waals surface area contributed by atoms with Gasteiger partial charge in [0.1, 0.15) is 11.6 Å². The largest absolute Gasteiger partial charge is 0.501 e. The van der Waals surface area contributed by atoms with Gasteiger partial charge in [-0.25, -0.2) is 9.37 Å². The first-order chi connectivity index (χ1) is 12.5. The standard InChI is InChI=1S/C18H21FN4O3/c19-13-4-1-12(2-5-13)10-21-17(25)15-16(24)18(26)23-8-7-11(9-20)3-6-14(23)22-15/h1-2,4-5,11,24H,3,6-10,20H2,(H,21,25). The zero-order chi connectivity index (χ0) is 18.7. The van der Waals surface area contributed by atoms with Gasteiger partial charge in [-0.15, -0.1) is 0 Å². The van der Waals surface area contributed by atoms with Gasteiger partial charge in [0.15, 0.2) is 5.69 Å². The summed E-state index contributed by atoms with van der Waals surface area (Å²) >= 11 is 0. The van der Waals surface area contributed by atoms with E-state index in [0.29, 0.717) is 30.9 Å². The second-order valence-corrected chi connectivity index (χ2v) is 6.42. The molecule has 0 radical (unpaired) electrons. The summed E-state index contributed by atoms with van der Waals surface area (Å²) in [6, 6.07) is 5.67. The fourth-order valence-electron chi connectivity index (χ4n) is 3.06. The van der Waals surface area contributed by atoms with E-state index in [4.69, 9.17) is 5.73 Å². The molecule has 3 rings (SSSR count). The predicted molar refractivity (Wildman–Crippen MR) is 93.2 cm³/mol. The molecular formula is C18H21FN4O3. The number of halogens is 1. The van der Waals surface area contributed by atoms with Crippen LogP contribution in [0.15, 0.2) is 29.1 Å². The van der Waals surface area contributed by atoms with Crippen LogP contribution >= 0.6 is 0 Å². The van der Waals surface area contributed by atoms with Gasteiger partial charge in [0, 0.05) is 19.5 Å². The normalized spacial score (nSPS) is 16.6. The van der Waals surface area contributed by atoms with E-state index < -0.39 is 17.2 Å². The van der Waals surface area contributed by atoms with E-state index >= 15 is 0 Å². The summed E-state index contributed by atoms with van der Waals surface area (Å²) in [4.78, 5) is 29.0. The van der Waals surface area contributed by atoms with Crippen molar-refractivity contribution in [2.75, 3.05) is 6.54 Å². The van der Waals surface area contributed by atoms with Gasteiger partial charge in [0.05, 0.1) is 0 Å². The van der Waals surface area contributed by atoms with E-state index in [-0.39, 0.29) is 24.0 Å². The molecule has 2 aromatic rings. The fraction of sp³-hybridized carbons (Fsp3) is 0.389. The Morgan fingerprint density at radius 3 is 2.77 bits per heavy atom. The molecule has 1 atom stereocenters. The number of carbonyl (C=O) groups is 1. The molecular weight excluding hydrogens is 339 g/mol. The van der Waals surface area contributed by atoms with Gasteiger partial charge in [0.25, 0.3) is 11.5 Å². The Morgan fingerprint density at radius 2 is 2.08 bits per heavy atom. The lowest BCUT2D eigenvalue weighted by Gasteiger charge is -2.12. The Kier molecular flexibility index (Phi) is 5.32. The molecule has 1 aromatic heterocycles. The zero-order valence-corrected chi connectivity index (χ0v) is 14.2. The molecule has 8 heteroatoms. The van der Waals surface area contributed by atoms with E-state index in [1.54, 1.807) is 12.1 Å². The van der Waals surface area contributed by atoms with Crippen LogP contribution in [0.5, 0.6) is 5.75 Å². The minimum absolute atomic E-state index is 0.133. The molecule has 4 N–H and O–H groups in total. The summed E-state index contributed by atoms with van der Waals surface area (Å²) in [6.07, 6.45) is 2.04. The van der Waals surface area contributed by atoms with Crippen LogP contribution in [0.1, 0.15) is 34.7 Å². The highest BCUT2D eigenvalue weighted by Crippen LogP contribution is 2.19. The van der Waals surface area contributed by atoms with Crippen molar-refractivity contribution in [1.82, 2.24) is 14.9 Å². The maximum Gasteiger partial charge on any atom is 0.296 e. The average molecular weight is 360 g/mol. The van der Waals surface area contributed by atoms with E-state index in [2.05, 4.69) is 10.3 Å². The number of aromatic hydroxyl groups is 1. The lowest BCUT2D eigenvalue weighted by atomic mass is 10.0. The summed E-state index contributed by atoms with van der Waals surface area (Å²) in [5.41, 5.74) is 5.51. The van der Waals surface area contributed by atoms with Gasteiger partial charge >= 0.3 is 0 Å². The Morgan fingerprint density at radius 1 is 1.35 bits per heavy atom. The van der Waals surface area contributed by atoms with Gasteiger partial charge in [0.2, 0.25) is 5.75 Å². The minimum atomic E-state index is -0.656. The number of aromatic nitrogens is 2. The molecule has 0 aliphatic carbocycles. The van der Waals surface area contributed by atoms with Crippen LogP contribution in [0, 0.1) is 11.7 Å². The number of fused-ring (bicyclic) bond motifs is 1. The summed E-state index contributed by atoms with van der Waals surface area (Å²) < 4.78 is 14.3. The first-order valence-electron chi connectivity index (χ1n) is 8.55. The molecule has 0 saturated heterocycles. The molecule has 0 bridgehead atoms. The maximum absolute atomic E-state index is 12.9. The maximum atomic E-state index is 12.9. The van der Waals surface area contributed by atoms with E-state index in [0.717, 1.165) is 12.8 Å². The number of nitrogens with one attached hydrogen (secondary N) is 1. The Bertz CT molecular complexity index is 864. The van der Waals surface area contributed by atoms with Crippen LogP contribution in [0.25, 0.3) is 0 Å². The smallest absolute Gasteiger partial charge is 0.296 e. The first-order valence-corrected chi connectivity index (χ1v) is 8.55. The van der Waals surface area contributed by atoms with Crippen LogP contribution in [0.4, 0.5) is 4.39 Å². The van der Waals surface area contributed by atoms with Crippen molar-refractivity contribution in [3.8, 4) is 5.75 Å². The predicted octanol–water partition coefficient (Wildman–Crippen LogP) is 0.929. The molecule has 7 nitrogen and oxygen atoms in total. The monoisotopic (exact) mass is 360 g/mol. The lowest BCUT2D eigenvalue weighted by Crippen LogP contribution is -2.31. The third-order valence-corrected chi connectivity index (χ3v) is 4.68. The van der Waals surface area contributed by atoms with E-state index in [1.807, 2.05) is 0 Å². The van der Waals surface area contributed by atoms with Crippen molar-refractivity contribution in [3.63, 3.8) is 0 Å². The molecule has 1 amide bonds. The number of amides is 1. The summed E-state index contributed by atoms with van der Waals surface area (Å²) in [7, 11) is 0. The van der Waals surface area contributed by atoms with Crippen molar-refractivity contribution in [2.45, 2.75) is 32.4 Å². The minimum Gasteiger partial charge on any atom is -0.501 e. The number of carbonyl (C=O) groups excluding carboxylic acids is 1. The summed E-state index contributed by atoms with van der Waals surface area (Å²) in [5.74, 6) is -0.901. The van der Waals surface area contributed by atoms with Gasteiger partial charge in [-0.05, 0) is 43.0 Å². The highest BCUT2D eigenvalue weighted by molar-refractivity contribution is 5.94. The van der Waals surface area contributed by atoms with E-state index in [1.165, 1.54) is 16.7 Å². The quantitative estimate of drug-likeness (QED) is 0.751. The summed E-state index contributed by atoms with van der Waals surface area (Å²) in [6.45, 7) is 1.09. The third kappa shape index (κ3) is 3.75. The zero-order valence-electron chi connectivity index (χ0n) is 14.2. The number of aryl methyl sites for hydroxylation is 1. The number of rotatable bonds is 4. The van der Waals surface area contributed by atoms with Gasteiger partial charge in [-0.1, -0.05) is 12.1 Å². The van der Waals surface area contributed by atoms with Crippen LogP contribution in [-0.2, 0) is 19.5 Å². The number of nitrogens with zero attached hydrogens (tertiary/aromatic N) is 2. The van der Waals surface area contributed by atoms with Crippen molar-refractivity contribution in [2.24, 2.45) is 11.7 Å². The number of benzene rings is 1. The van der Waals surface area contributed by atoms with Crippen LogP contribution in [0.2, 0.25) is 0 Å². The molecule has 0 fully saturated rings. The Labute approximate surface area is 149 Å². The number of hydrogen-bond acceptors (Lipinski definition) is 5. The summed E-state index contributed by atoms with van der Waals surface area (Å²) in [5, 5.41) is 12.7. The lowest BCUT2D eigenvalue weighted by molar-refractivity contribution is 0.0941. The van der Waals surface area contributed by atoms with Gasteiger partial charge in [-0.3, -0.25) is 14.2 Å². The molecule has 1 aliphatic heterocycles. The second-order valence-electron chi connectivity index (χ2n) is 6.42. The fourth-order valence-corrected chi connectivity index (χ4v) is 3.06. The van der Waals surface area contributed by atoms with Crippen molar-refractivity contribution < 1.29 is 14.3 Å². The molecule has 0 saturated carbocycles. The number of hydrogen-bond donors (Lipinski definition) is 3. The molecule has 1 aliphatic rings. The van der Waals surface area contributed by atoms with Crippen LogP contribution < -0.4 is 16.6 Å². The SMILES string of the molecule is NCC1CCc2nc(C(=O)NCc3ccc(F)cc3)c(O)c(=O)n2CC1. The highest BCUT2D eigenvalue weighted by Gasteiger charge is 2.24. The van der Waals surface area contributed by atoms with E-state index in [9.17, 15) is 19.1 Å². The van der Waals surface area contributed by atoms with Crippen LogP contribution in [-0.4, -0.2) is 27.1 Å². The topological polar surface area (TPSA) is 110 Å². The highest BCUT2D eigenvalue weighted by atomic mass is 19.1. The van der Waals surface area contributed by atoms with Gasteiger partial charge in [-0.2, -0.15) is 0 Å². The van der Waals surface area contributed by atoms with Crippen molar-refractivity contribution in [3.05, 3.63) is 57.5 Å². The van der Waals surface area contributed by atoms with Crippen molar-refractivity contribution >= 4 is 5.91 Å². The van der Waals surface area contributed by atoms with Crippen molar-refractivity contribution in [1.29, 1.82) is 0 Å². The van der Waals surface area contributed by atoms with Gasteiger partial charge < -0.3 is 16.2 Å². The second kappa shape index (κ2) is 7.65. The average Bonchev–Trinajstić information content (AvgIpc) is 2.86. The molecule has 1 unspecified atom stereocenters. The third-order valence-electron chi connectivity index (χ3n) is 4.68. The Balaban J connectivity index is 1.80. The molecule has 26 heavy (non-hydrogen) atoms. The Hall–Kier alpha value is -2.74.